The van der Waals surface area contributed by atoms with Gasteiger partial charge < -0.3 is 19.6 Å². The van der Waals surface area contributed by atoms with E-state index in [0.29, 0.717) is 31.1 Å². The highest BCUT2D eigenvalue weighted by molar-refractivity contribution is 5.85. The van der Waals surface area contributed by atoms with Gasteiger partial charge in [0.2, 0.25) is 5.91 Å². The van der Waals surface area contributed by atoms with Crippen molar-refractivity contribution in [3.63, 3.8) is 0 Å². The Kier molecular flexibility index (Phi) is 6.32. The fourth-order valence-electron chi connectivity index (χ4n) is 2.80. The molecule has 0 aliphatic carbocycles. The van der Waals surface area contributed by atoms with E-state index in [4.69, 9.17) is 14.3 Å². The summed E-state index contributed by atoms with van der Waals surface area (Å²) in [5.74, 6) is 0.00350. The monoisotopic (exact) mass is 381 g/mol. The molecule has 1 heterocycles. The third kappa shape index (κ3) is 5.13. The minimum absolute atomic E-state index is 0.0908. The Morgan fingerprint density at radius 3 is 2.61 bits per heavy atom. The van der Waals surface area contributed by atoms with E-state index < -0.39 is 5.97 Å². The summed E-state index contributed by atoms with van der Waals surface area (Å²) in [5.41, 5.74) is 1.72. The Labute approximate surface area is 163 Å². The molecule has 6 nitrogen and oxygen atoms in total. The van der Waals surface area contributed by atoms with E-state index in [1.165, 1.54) is 0 Å². The average Bonchev–Trinajstić information content (AvgIpc) is 3.13. The van der Waals surface area contributed by atoms with E-state index in [9.17, 15) is 9.59 Å². The molecule has 2 aromatic carbocycles. The fourth-order valence-corrected chi connectivity index (χ4v) is 2.80. The fraction of sp³-hybridized carbons (Fsp3) is 0.273. The van der Waals surface area contributed by atoms with Crippen molar-refractivity contribution in [2.45, 2.75) is 32.2 Å². The molecule has 28 heavy (non-hydrogen) atoms. The van der Waals surface area contributed by atoms with Crippen molar-refractivity contribution < 1.29 is 23.8 Å². The number of carbonyl (C=O) groups excluding carboxylic acids is 1. The second kappa shape index (κ2) is 9.08. The van der Waals surface area contributed by atoms with E-state index in [1.807, 2.05) is 61.5 Å². The summed E-state index contributed by atoms with van der Waals surface area (Å²) in [5, 5.41) is 12.5. The molecule has 146 valence electrons. The number of amides is 1. The summed E-state index contributed by atoms with van der Waals surface area (Å²) < 4.78 is 11.3. The van der Waals surface area contributed by atoms with Crippen LogP contribution in [0.15, 0.2) is 59.0 Å². The van der Waals surface area contributed by atoms with Gasteiger partial charge in [0, 0.05) is 18.4 Å². The highest BCUT2D eigenvalue weighted by Crippen LogP contribution is 2.25. The number of carbonyl (C=O) groups is 2. The van der Waals surface area contributed by atoms with Crippen LogP contribution in [-0.2, 0) is 16.1 Å². The Morgan fingerprint density at radius 2 is 1.89 bits per heavy atom. The molecule has 0 radical (unpaired) electrons. The number of para-hydroxylation sites is 1. The molecule has 1 aromatic heterocycles. The molecule has 0 saturated carbocycles. The van der Waals surface area contributed by atoms with Gasteiger partial charge in [-0.3, -0.25) is 9.59 Å². The van der Waals surface area contributed by atoms with Gasteiger partial charge in [-0.15, -0.1) is 0 Å². The molecule has 1 unspecified atom stereocenters. The zero-order chi connectivity index (χ0) is 19.9. The Bertz CT molecular complexity index is 912. The topological polar surface area (TPSA) is 88.8 Å². The smallest absolute Gasteiger partial charge is 0.303 e. The molecule has 3 aromatic rings. The lowest BCUT2D eigenvalue weighted by Crippen LogP contribution is -2.27. The molecule has 0 bridgehead atoms. The van der Waals surface area contributed by atoms with Crippen LogP contribution in [-0.4, -0.2) is 23.6 Å². The molecular weight excluding hydrogens is 358 g/mol. The second-order valence-corrected chi connectivity index (χ2v) is 6.62. The first-order valence-electron chi connectivity index (χ1n) is 9.22. The molecule has 2 N–H and O–H groups in total. The van der Waals surface area contributed by atoms with Crippen LogP contribution in [0.2, 0.25) is 0 Å². The van der Waals surface area contributed by atoms with Crippen molar-refractivity contribution in [1.82, 2.24) is 5.32 Å². The van der Waals surface area contributed by atoms with E-state index in [-0.39, 0.29) is 18.2 Å². The molecular formula is C22H23NO5. The molecule has 0 aliphatic heterocycles. The first kappa shape index (κ1) is 19.5. The van der Waals surface area contributed by atoms with Crippen LogP contribution in [0.1, 0.15) is 37.0 Å². The molecule has 0 saturated heterocycles. The minimum atomic E-state index is -0.827. The second-order valence-electron chi connectivity index (χ2n) is 6.62. The number of aliphatic carboxylic acids is 1. The van der Waals surface area contributed by atoms with E-state index in [1.54, 1.807) is 0 Å². The third-order valence-corrected chi connectivity index (χ3v) is 4.46. The highest BCUT2D eigenvalue weighted by atomic mass is 16.5. The number of benzene rings is 2. The minimum Gasteiger partial charge on any atom is -0.494 e. The number of carboxylic acid groups (broad SMARTS) is 1. The zero-order valence-electron chi connectivity index (χ0n) is 15.7. The third-order valence-electron chi connectivity index (χ3n) is 4.46. The standard InChI is InChI=1S/C22H23NO5/c1-15(20-13-17-5-2-3-6-19(17)28-20)22(26)23-14-16-8-10-18(11-9-16)27-12-4-7-21(24)25/h2-3,5-6,8-11,13,15H,4,7,12,14H2,1H3,(H,23,26)(H,24,25). The van der Waals surface area contributed by atoms with E-state index >= 15 is 0 Å². The van der Waals surface area contributed by atoms with Crippen molar-refractivity contribution in [2.75, 3.05) is 6.61 Å². The molecule has 0 aliphatic rings. The zero-order valence-corrected chi connectivity index (χ0v) is 15.7. The van der Waals surface area contributed by atoms with E-state index in [0.717, 1.165) is 16.5 Å². The maximum Gasteiger partial charge on any atom is 0.303 e. The lowest BCUT2D eigenvalue weighted by molar-refractivity contribution is -0.137. The average molecular weight is 381 g/mol. The number of carboxylic acids is 1. The molecule has 0 spiro atoms. The molecule has 1 amide bonds. The summed E-state index contributed by atoms with van der Waals surface area (Å²) >= 11 is 0. The normalized spacial score (nSPS) is 11.9. The van der Waals surface area contributed by atoms with Crippen molar-refractivity contribution in [1.29, 1.82) is 0 Å². The number of rotatable bonds is 9. The highest BCUT2D eigenvalue weighted by Gasteiger charge is 2.19. The number of nitrogens with one attached hydrogen (secondary N) is 1. The number of hydrogen-bond acceptors (Lipinski definition) is 4. The van der Waals surface area contributed by atoms with Crippen LogP contribution in [0.5, 0.6) is 5.75 Å². The SMILES string of the molecule is CC(C(=O)NCc1ccc(OCCCC(=O)O)cc1)c1cc2ccccc2o1. The van der Waals surface area contributed by atoms with Crippen LogP contribution >= 0.6 is 0 Å². The maximum absolute atomic E-state index is 12.4. The van der Waals surface area contributed by atoms with Crippen LogP contribution in [0, 0.1) is 0 Å². The van der Waals surface area contributed by atoms with E-state index in [2.05, 4.69) is 5.32 Å². The largest absolute Gasteiger partial charge is 0.494 e. The van der Waals surface area contributed by atoms with Gasteiger partial charge in [-0.2, -0.15) is 0 Å². The predicted molar refractivity (Wildman–Crippen MR) is 105 cm³/mol. The summed E-state index contributed by atoms with van der Waals surface area (Å²) in [4.78, 5) is 22.9. The van der Waals surface area contributed by atoms with Crippen molar-refractivity contribution in [3.05, 3.63) is 65.9 Å². The van der Waals surface area contributed by atoms with Crippen LogP contribution in [0.3, 0.4) is 0 Å². The number of fused-ring (bicyclic) bond motifs is 1. The molecule has 0 fully saturated rings. The van der Waals surface area contributed by atoms with Crippen LogP contribution in [0.25, 0.3) is 11.0 Å². The summed E-state index contributed by atoms with van der Waals surface area (Å²) in [6.45, 7) is 2.58. The molecule has 1 atom stereocenters. The lowest BCUT2D eigenvalue weighted by Gasteiger charge is -2.11. The van der Waals surface area contributed by atoms with Crippen molar-refractivity contribution in [2.24, 2.45) is 0 Å². The van der Waals surface area contributed by atoms with Crippen molar-refractivity contribution in [3.8, 4) is 5.75 Å². The maximum atomic E-state index is 12.4. The quantitative estimate of drug-likeness (QED) is 0.545. The van der Waals surface area contributed by atoms with Gasteiger partial charge in [-0.25, -0.2) is 0 Å². The first-order valence-corrected chi connectivity index (χ1v) is 9.22. The number of hydrogen-bond donors (Lipinski definition) is 2. The molecule has 3 rings (SSSR count). The van der Waals surface area contributed by atoms with Crippen LogP contribution < -0.4 is 10.1 Å². The summed E-state index contributed by atoms with van der Waals surface area (Å²) in [6.07, 6.45) is 0.556. The molecule has 6 heteroatoms. The number of furan rings is 1. The van der Waals surface area contributed by atoms with Gasteiger partial charge in [0.05, 0.1) is 12.5 Å². The predicted octanol–water partition coefficient (Wildman–Crippen LogP) is 4.10. The Balaban J connectivity index is 1.49. The van der Waals surface area contributed by atoms with Gasteiger partial charge in [-0.1, -0.05) is 30.3 Å². The number of ether oxygens (including phenoxy) is 1. The van der Waals surface area contributed by atoms with Crippen LogP contribution in [0.4, 0.5) is 0 Å². The Morgan fingerprint density at radius 1 is 1.14 bits per heavy atom. The van der Waals surface area contributed by atoms with Crippen molar-refractivity contribution >= 4 is 22.8 Å². The van der Waals surface area contributed by atoms with Gasteiger partial charge in [0.25, 0.3) is 0 Å². The first-order chi connectivity index (χ1) is 13.5. The summed E-state index contributed by atoms with van der Waals surface area (Å²) in [6, 6.07) is 16.9. The van der Waals surface area contributed by atoms with Gasteiger partial charge in [-0.05, 0) is 43.2 Å². The summed E-state index contributed by atoms with van der Waals surface area (Å²) in [7, 11) is 0. The van der Waals surface area contributed by atoms with Gasteiger partial charge >= 0.3 is 5.97 Å². The Hall–Kier alpha value is -3.28. The van der Waals surface area contributed by atoms with Gasteiger partial charge in [0.1, 0.15) is 17.1 Å². The van der Waals surface area contributed by atoms with Gasteiger partial charge in [0.15, 0.2) is 0 Å². The lowest BCUT2D eigenvalue weighted by atomic mass is 10.1.